The van der Waals surface area contributed by atoms with Crippen molar-refractivity contribution in [1.82, 2.24) is 0 Å². The van der Waals surface area contributed by atoms with Gasteiger partial charge in [0.1, 0.15) is 17.2 Å². The molecule has 0 unspecified atom stereocenters. The molecule has 0 bridgehead atoms. The molecular formula is C10H10N2O2. The second-order valence-corrected chi connectivity index (χ2v) is 2.92. The third-order valence-corrected chi connectivity index (χ3v) is 2.06. The van der Waals surface area contributed by atoms with Crippen LogP contribution in [-0.2, 0) is 0 Å². The molecule has 0 aliphatic carbocycles. The van der Waals surface area contributed by atoms with E-state index in [1.54, 1.807) is 18.4 Å². The lowest BCUT2D eigenvalue weighted by atomic mass is 10.1. The van der Waals surface area contributed by atoms with E-state index in [9.17, 15) is 0 Å². The molecule has 0 spiro atoms. The fourth-order valence-electron chi connectivity index (χ4n) is 1.37. The molecule has 14 heavy (non-hydrogen) atoms. The van der Waals surface area contributed by atoms with Crippen LogP contribution in [0.2, 0.25) is 0 Å². The van der Waals surface area contributed by atoms with Crippen LogP contribution in [0.15, 0.2) is 28.9 Å². The van der Waals surface area contributed by atoms with Crippen molar-refractivity contribution in [1.29, 1.82) is 5.41 Å². The lowest BCUT2D eigenvalue weighted by Crippen LogP contribution is -2.12. The van der Waals surface area contributed by atoms with Crippen molar-refractivity contribution >= 4 is 16.8 Å². The molecule has 0 atom stereocenters. The highest BCUT2D eigenvalue weighted by Gasteiger charge is 2.09. The minimum Gasteiger partial charge on any atom is -0.496 e. The molecule has 0 aliphatic heterocycles. The van der Waals surface area contributed by atoms with Crippen LogP contribution in [0.1, 0.15) is 5.56 Å². The average Bonchev–Trinajstić information content (AvgIpc) is 2.62. The molecule has 72 valence electrons. The lowest BCUT2D eigenvalue weighted by molar-refractivity contribution is 0.413. The maximum Gasteiger partial charge on any atom is 0.137 e. The molecule has 3 N–H and O–H groups in total. The largest absolute Gasteiger partial charge is 0.496 e. The predicted molar refractivity (Wildman–Crippen MR) is 53.8 cm³/mol. The lowest BCUT2D eigenvalue weighted by Gasteiger charge is -2.06. The van der Waals surface area contributed by atoms with Crippen LogP contribution in [0.25, 0.3) is 11.0 Å². The first-order valence-electron chi connectivity index (χ1n) is 4.12. The molecule has 4 heteroatoms. The third-order valence-electron chi connectivity index (χ3n) is 2.06. The Morgan fingerprint density at radius 2 is 2.29 bits per heavy atom. The Hall–Kier alpha value is -1.97. The van der Waals surface area contributed by atoms with Gasteiger partial charge in [0.05, 0.1) is 18.9 Å². The summed E-state index contributed by atoms with van der Waals surface area (Å²) < 4.78 is 10.3. The zero-order valence-corrected chi connectivity index (χ0v) is 7.70. The maximum atomic E-state index is 7.38. The number of rotatable bonds is 2. The van der Waals surface area contributed by atoms with Gasteiger partial charge >= 0.3 is 0 Å². The molecule has 0 saturated carbocycles. The quantitative estimate of drug-likeness (QED) is 0.559. The van der Waals surface area contributed by atoms with Gasteiger partial charge in [-0.3, -0.25) is 5.41 Å². The van der Waals surface area contributed by atoms with Crippen LogP contribution in [0.3, 0.4) is 0 Å². The van der Waals surface area contributed by atoms with Crippen LogP contribution in [0.4, 0.5) is 0 Å². The van der Waals surface area contributed by atoms with Gasteiger partial charge < -0.3 is 14.9 Å². The van der Waals surface area contributed by atoms with Crippen molar-refractivity contribution in [2.24, 2.45) is 5.73 Å². The summed E-state index contributed by atoms with van der Waals surface area (Å²) in [5.74, 6) is 0.546. The Morgan fingerprint density at radius 3 is 2.93 bits per heavy atom. The van der Waals surface area contributed by atoms with Gasteiger partial charge in [0.15, 0.2) is 0 Å². The Balaban J connectivity index is 2.72. The van der Waals surface area contributed by atoms with E-state index in [1.165, 1.54) is 7.11 Å². The fourth-order valence-corrected chi connectivity index (χ4v) is 1.37. The number of nitrogen functional groups attached to an aromatic ring is 1. The normalized spacial score (nSPS) is 10.4. The summed E-state index contributed by atoms with van der Waals surface area (Å²) in [5, 5.41) is 8.29. The number of hydrogen-bond donors (Lipinski definition) is 2. The first kappa shape index (κ1) is 8.62. The molecular weight excluding hydrogens is 180 g/mol. The number of benzene rings is 1. The van der Waals surface area contributed by atoms with E-state index in [-0.39, 0.29) is 5.84 Å². The topological polar surface area (TPSA) is 72.2 Å². The van der Waals surface area contributed by atoms with Crippen molar-refractivity contribution in [3.8, 4) is 5.75 Å². The summed E-state index contributed by atoms with van der Waals surface area (Å²) in [7, 11) is 1.54. The van der Waals surface area contributed by atoms with Crippen LogP contribution in [0.5, 0.6) is 5.75 Å². The average molecular weight is 190 g/mol. The zero-order valence-electron chi connectivity index (χ0n) is 7.70. The van der Waals surface area contributed by atoms with Crippen molar-refractivity contribution < 1.29 is 9.15 Å². The van der Waals surface area contributed by atoms with Gasteiger partial charge in [0.2, 0.25) is 0 Å². The molecule has 4 nitrogen and oxygen atoms in total. The number of nitrogens with two attached hydrogens (primary N) is 1. The van der Waals surface area contributed by atoms with Gasteiger partial charge in [-0.1, -0.05) is 0 Å². The van der Waals surface area contributed by atoms with E-state index in [1.807, 2.05) is 6.07 Å². The van der Waals surface area contributed by atoms with Crippen LogP contribution < -0.4 is 10.5 Å². The second-order valence-electron chi connectivity index (χ2n) is 2.92. The van der Waals surface area contributed by atoms with Gasteiger partial charge in [0.25, 0.3) is 0 Å². The highest BCUT2D eigenvalue weighted by atomic mass is 16.5. The van der Waals surface area contributed by atoms with E-state index in [2.05, 4.69) is 0 Å². The van der Waals surface area contributed by atoms with E-state index < -0.39 is 0 Å². The number of hydrogen-bond acceptors (Lipinski definition) is 3. The maximum absolute atomic E-state index is 7.38. The molecule has 0 radical (unpaired) electrons. The second kappa shape index (κ2) is 3.06. The minimum absolute atomic E-state index is 0.00931. The Kier molecular flexibility index (Phi) is 1.89. The van der Waals surface area contributed by atoms with Crippen molar-refractivity contribution in [3.05, 3.63) is 30.0 Å². The molecule has 2 rings (SSSR count). The predicted octanol–water partition coefficient (Wildman–Crippen LogP) is 1.73. The van der Waals surface area contributed by atoms with Crippen molar-refractivity contribution in [3.63, 3.8) is 0 Å². The summed E-state index contributed by atoms with van der Waals surface area (Å²) in [6.07, 6.45) is 1.59. The van der Waals surface area contributed by atoms with Crippen LogP contribution in [-0.4, -0.2) is 12.9 Å². The molecule has 2 aromatic rings. The minimum atomic E-state index is -0.00931. The van der Waals surface area contributed by atoms with E-state index in [4.69, 9.17) is 20.3 Å². The van der Waals surface area contributed by atoms with E-state index in [0.717, 1.165) is 11.0 Å². The van der Waals surface area contributed by atoms with Gasteiger partial charge in [0, 0.05) is 11.5 Å². The van der Waals surface area contributed by atoms with Crippen LogP contribution >= 0.6 is 0 Å². The molecule has 0 aliphatic rings. The smallest absolute Gasteiger partial charge is 0.137 e. The van der Waals surface area contributed by atoms with Crippen molar-refractivity contribution in [2.75, 3.05) is 7.11 Å². The summed E-state index contributed by atoms with van der Waals surface area (Å²) in [6.45, 7) is 0. The summed E-state index contributed by atoms with van der Waals surface area (Å²) in [5.41, 5.74) is 6.74. The number of nitrogens with one attached hydrogen (secondary N) is 1. The van der Waals surface area contributed by atoms with E-state index >= 15 is 0 Å². The number of furan rings is 1. The Morgan fingerprint density at radius 1 is 1.50 bits per heavy atom. The number of ether oxygens (including phenoxy) is 1. The standard InChI is InChI=1S/C10H10N2O2/c1-13-9-5-8-6(2-3-14-8)4-7(9)10(11)12/h2-5H,1H3,(H3,11,12). The van der Waals surface area contributed by atoms with Gasteiger partial charge in [-0.05, 0) is 12.1 Å². The van der Waals surface area contributed by atoms with Crippen LogP contribution in [0, 0.1) is 5.41 Å². The van der Waals surface area contributed by atoms with Gasteiger partial charge in [-0.2, -0.15) is 0 Å². The molecule has 1 heterocycles. The summed E-state index contributed by atoms with van der Waals surface area (Å²) in [6, 6.07) is 5.33. The molecule has 0 saturated heterocycles. The third kappa shape index (κ3) is 1.21. The zero-order chi connectivity index (χ0) is 10.1. The summed E-state index contributed by atoms with van der Waals surface area (Å²) in [4.78, 5) is 0. The number of amidine groups is 1. The highest BCUT2D eigenvalue weighted by Crippen LogP contribution is 2.26. The Bertz CT molecular complexity index is 488. The molecule has 1 aromatic carbocycles. The summed E-state index contributed by atoms with van der Waals surface area (Å²) >= 11 is 0. The molecule has 0 fully saturated rings. The SMILES string of the molecule is COc1cc2occc2cc1C(=N)N. The first-order valence-corrected chi connectivity index (χ1v) is 4.12. The molecule has 1 aromatic heterocycles. The monoisotopic (exact) mass is 190 g/mol. The van der Waals surface area contributed by atoms with E-state index in [0.29, 0.717) is 11.3 Å². The number of fused-ring (bicyclic) bond motifs is 1. The number of methoxy groups -OCH3 is 1. The van der Waals surface area contributed by atoms with Crippen molar-refractivity contribution in [2.45, 2.75) is 0 Å². The fraction of sp³-hybridized carbons (Fsp3) is 0.100. The Labute approximate surface area is 80.8 Å². The molecule has 0 amide bonds. The highest BCUT2D eigenvalue weighted by molar-refractivity contribution is 6.01. The first-order chi connectivity index (χ1) is 6.72. The van der Waals surface area contributed by atoms with Gasteiger partial charge in [-0.25, -0.2) is 0 Å². The van der Waals surface area contributed by atoms with Gasteiger partial charge in [-0.15, -0.1) is 0 Å².